The van der Waals surface area contributed by atoms with Crippen LogP contribution in [0.25, 0.3) is 0 Å². The zero-order valence-corrected chi connectivity index (χ0v) is 14.6. The summed E-state index contributed by atoms with van der Waals surface area (Å²) in [5.74, 6) is 0.799. The molecule has 7 nitrogen and oxygen atoms in total. The Morgan fingerprint density at radius 1 is 1.12 bits per heavy atom. The lowest BCUT2D eigenvalue weighted by Gasteiger charge is -2.09. The van der Waals surface area contributed by atoms with Gasteiger partial charge < -0.3 is 11.1 Å². The minimum absolute atomic E-state index is 0.189. The molecule has 0 bridgehead atoms. The van der Waals surface area contributed by atoms with Crippen molar-refractivity contribution < 1.29 is 0 Å². The Balaban J connectivity index is 1.90. The quantitative estimate of drug-likeness (QED) is 0.539. The molecule has 0 atom stereocenters. The van der Waals surface area contributed by atoms with Crippen LogP contribution in [0.4, 0.5) is 5.69 Å². The van der Waals surface area contributed by atoms with Crippen molar-refractivity contribution in [1.82, 2.24) is 20.2 Å². The van der Waals surface area contributed by atoms with Gasteiger partial charge >= 0.3 is 0 Å². The van der Waals surface area contributed by atoms with E-state index in [0.29, 0.717) is 34.1 Å². The van der Waals surface area contributed by atoms with Crippen molar-refractivity contribution in [2.75, 3.05) is 5.32 Å². The van der Waals surface area contributed by atoms with Crippen LogP contribution in [0.1, 0.15) is 11.4 Å². The Bertz CT molecular complexity index is 857. The minimum Gasteiger partial charge on any atom is -0.324 e. The average molecular weight is 376 g/mol. The summed E-state index contributed by atoms with van der Waals surface area (Å²) < 4.78 is 0. The van der Waals surface area contributed by atoms with Gasteiger partial charge in [0.15, 0.2) is 5.82 Å². The zero-order chi connectivity index (χ0) is 17.6. The van der Waals surface area contributed by atoms with E-state index in [2.05, 4.69) is 25.7 Å². The molecule has 0 spiro atoms. The Kier molecular flexibility index (Phi) is 5.60. The maximum Gasteiger partial charge on any atom is 0.244 e. The SMILES string of the molecule is NCc1nnn(C(=NCc2ccccc2)Nc2cc(Cl)cc(Cl)c2)n1. The number of aliphatic imine (C=N–C) groups is 1. The van der Waals surface area contributed by atoms with E-state index < -0.39 is 0 Å². The van der Waals surface area contributed by atoms with Crippen molar-refractivity contribution in [2.45, 2.75) is 13.1 Å². The van der Waals surface area contributed by atoms with Gasteiger partial charge in [0.25, 0.3) is 0 Å². The van der Waals surface area contributed by atoms with Crippen LogP contribution >= 0.6 is 23.2 Å². The molecule has 9 heteroatoms. The summed E-state index contributed by atoms with van der Waals surface area (Å²) >= 11 is 12.1. The molecule has 0 radical (unpaired) electrons. The standard InChI is InChI=1S/C16H15Cl2N7/c17-12-6-13(18)8-14(7-12)21-16(25-23-15(9-19)22-24-25)20-10-11-4-2-1-3-5-11/h1-8H,9-10,19H2,(H,20,21). The molecule has 0 fully saturated rings. The number of anilines is 1. The molecule has 0 amide bonds. The van der Waals surface area contributed by atoms with Gasteiger partial charge in [-0.3, -0.25) is 0 Å². The number of hydrogen-bond donors (Lipinski definition) is 2. The van der Waals surface area contributed by atoms with Crippen LogP contribution in [0.15, 0.2) is 53.5 Å². The van der Waals surface area contributed by atoms with Crippen molar-refractivity contribution in [2.24, 2.45) is 10.7 Å². The van der Waals surface area contributed by atoms with E-state index >= 15 is 0 Å². The summed E-state index contributed by atoms with van der Waals surface area (Å²) in [6.45, 7) is 0.631. The number of aromatic nitrogens is 4. The van der Waals surface area contributed by atoms with Gasteiger partial charge in [-0.1, -0.05) is 58.3 Å². The average Bonchev–Trinajstić information content (AvgIpc) is 3.08. The fourth-order valence-corrected chi connectivity index (χ4v) is 2.60. The van der Waals surface area contributed by atoms with Crippen LogP contribution in [0.2, 0.25) is 10.0 Å². The van der Waals surface area contributed by atoms with Crippen LogP contribution in [0, 0.1) is 0 Å². The predicted octanol–water partition coefficient (Wildman–Crippen LogP) is 2.96. The van der Waals surface area contributed by atoms with E-state index in [-0.39, 0.29) is 6.54 Å². The van der Waals surface area contributed by atoms with Crippen LogP contribution in [0.5, 0.6) is 0 Å². The fourth-order valence-electron chi connectivity index (χ4n) is 2.07. The first-order valence-corrected chi connectivity index (χ1v) is 8.20. The molecular formula is C16H15Cl2N7. The second-order valence-corrected chi connectivity index (χ2v) is 5.98. The number of nitrogens with two attached hydrogens (primary N) is 1. The summed E-state index contributed by atoms with van der Waals surface area (Å²) in [5, 5.41) is 16.2. The normalized spacial score (nSPS) is 11.6. The van der Waals surface area contributed by atoms with Gasteiger partial charge in [-0.05, 0) is 29.0 Å². The molecule has 0 aliphatic rings. The van der Waals surface area contributed by atoms with E-state index in [9.17, 15) is 0 Å². The summed E-state index contributed by atoms with van der Waals surface area (Å²) in [6.07, 6.45) is 0. The Labute approximate surface area is 154 Å². The monoisotopic (exact) mass is 375 g/mol. The van der Waals surface area contributed by atoms with Crippen molar-refractivity contribution in [3.63, 3.8) is 0 Å². The molecule has 128 valence electrons. The third kappa shape index (κ3) is 4.76. The van der Waals surface area contributed by atoms with Crippen LogP contribution < -0.4 is 11.1 Å². The predicted molar refractivity (Wildman–Crippen MR) is 98.8 cm³/mol. The van der Waals surface area contributed by atoms with Crippen molar-refractivity contribution in [3.05, 3.63) is 70.0 Å². The number of nitrogens with zero attached hydrogens (tertiary/aromatic N) is 5. The number of hydrogen-bond acceptors (Lipinski definition) is 5. The molecule has 1 heterocycles. The van der Waals surface area contributed by atoms with Gasteiger partial charge in [0, 0.05) is 15.7 Å². The fraction of sp³-hybridized carbons (Fsp3) is 0.125. The van der Waals surface area contributed by atoms with Gasteiger partial charge in [0.05, 0.1) is 13.1 Å². The maximum atomic E-state index is 6.05. The van der Waals surface area contributed by atoms with Gasteiger partial charge in [0.1, 0.15) is 0 Å². The summed E-state index contributed by atoms with van der Waals surface area (Å²) in [6, 6.07) is 14.9. The first-order valence-electron chi connectivity index (χ1n) is 7.45. The third-order valence-corrected chi connectivity index (χ3v) is 3.64. The molecular weight excluding hydrogens is 361 g/mol. The molecule has 0 aliphatic carbocycles. The van der Waals surface area contributed by atoms with E-state index in [0.717, 1.165) is 5.56 Å². The molecule has 2 aromatic carbocycles. The van der Waals surface area contributed by atoms with E-state index in [4.69, 9.17) is 28.9 Å². The second kappa shape index (κ2) is 8.06. The van der Waals surface area contributed by atoms with Crippen LogP contribution in [-0.4, -0.2) is 26.2 Å². The van der Waals surface area contributed by atoms with Gasteiger partial charge in [-0.25, -0.2) is 4.99 Å². The highest BCUT2D eigenvalue weighted by Gasteiger charge is 2.10. The van der Waals surface area contributed by atoms with Gasteiger partial charge in [0.2, 0.25) is 5.96 Å². The number of rotatable bonds is 4. The van der Waals surface area contributed by atoms with E-state index in [1.165, 1.54) is 4.80 Å². The molecule has 0 aliphatic heterocycles. The first kappa shape index (κ1) is 17.3. The third-order valence-electron chi connectivity index (χ3n) is 3.20. The minimum atomic E-state index is 0.189. The molecule has 0 saturated carbocycles. The smallest absolute Gasteiger partial charge is 0.244 e. The van der Waals surface area contributed by atoms with Crippen molar-refractivity contribution >= 4 is 34.8 Å². The van der Waals surface area contributed by atoms with Gasteiger partial charge in [-0.2, -0.15) is 0 Å². The van der Waals surface area contributed by atoms with Crippen LogP contribution in [-0.2, 0) is 13.1 Å². The number of nitrogens with one attached hydrogen (secondary N) is 1. The van der Waals surface area contributed by atoms with Gasteiger partial charge in [-0.15, -0.1) is 10.2 Å². The van der Waals surface area contributed by atoms with E-state index in [1.807, 2.05) is 30.3 Å². The highest BCUT2D eigenvalue weighted by molar-refractivity contribution is 6.35. The lowest BCUT2D eigenvalue weighted by Crippen LogP contribution is -2.25. The van der Waals surface area contributed by atoms with Crippen molar-refractivity contribution in [1.29, 1.82) is 0 Å². The topological polar surface area (TPSA) is 94.0 Å². The first-order chi connectivity index (χ1) is 12.1. The molecule has 25 heavy (non-hydrogen) atoms. The Morgan fingerprint density at radius 2 is 1.84 bits per heavy atom. The molecule has 3 rings (SSSR count). The largest absolute Gasteiger partial charge is 0.324 e. The summed E-state index contributed by atoms with van der Waals surface area (Å²) in [7, 11) is 0. The zero-order valence-electron chi connectivity index (χ0n) is 13.1. The number of halogens is 2. The molecule has 1 aromatic heterocycles. The summed E-state index contributed by atoms with van der Waals surface area (Å²) in [4.78, 5) is 5.83. The Hall–Kier alpha value is -2.48. The number of tetrazole rings is 1. The Morgan fingerprint density at radius 3 is 2.48 bits per heavy atom. The van der Waals surface area contributed by atoms with Crippen LogP contribution in [0.3, 0.4) is 0 Å². The highest BCUT2D eigenvalue weighted by Crippen LogP contribution is 2.22. The summed E-state index contributed by atoms with van der Waals surface area (Å²) in [5.41, 5.74) is 7.26. The number of benzene rings is 2. The van der Waals surface area contributed by atoms with E-state index in [1.54, 1.807) is 18.2 Å². The molecule has 3 aromatic rings. The molecule has 0 unspecified atom stereocenters. The van der Waals surface area contributed by atoms with Crippen molar-refractivity contribution in [3.8, 4) is 0 Å². The molecule has 0 saturated heterocycles. The second-order valence-electron chi connectivity index (χ2n) is 5.11. The lowest BCUT2D eigenvalue weighted by atomic mass is 10.2. The highest BCUT2D eigenvalue weighted by atomic mass is 35.5. The lowest BCUT2D eigenvalue weighted by molar-refractivity contribution is 0.749. The maximum absolute atomic E-state index is 6.05. The molecule has 3 N–H and O–H groups in total.